The van der Waals surface area contributed by atoms with E-state index < -0.39 is 11.9 Å². The third-order valence-corrected chi connectivity index (χ3v) is 9.52. The molecule has 3 N–H and O–H groups in total. The monoisotopic (exact) mass is 715 g/mol. The number of benzene rings is 4. The number of aliphatic carboxylic acids is 2. The van der Waals surface area contributed by atoms with Crippen molar-refractivity contribution in [3.63, 3.8) is 0 Å². The molecule has 0 aliphatic carbocycles. The summed E-state index contributed by atoms with van der Waals surface area (Å²) in [6.45, 7) is 7.11. The largest absolute Gasteiger partial charge is 0.482 e. The second kappa shape index (κ2) is 17.4. The number of rotatable bonds is 12. The summed E-state index contributed by atoms with van der Waals surface area (Å²) in [6, 6.07) is 23.9. The van der Waals surface area contributed by atoms with Gasteiger partial charge in [-0.1, -0.05) is 48.0 Å². The van der Waals surface area contributed by atoms with E-state index in [0.29, 0.717) is 11.5 Å². The summed E-state index contributed by atoms with van der Waals surface area (Å²) in [5.41, 5.74) is 7.67. The zero-order chi connectivity index (χ0) is 36.3. The van der Waals surface area contributed by atoms with Crippen molar-refractivity contribution in [3.05, 3.63) is 118 Å². The van der Waals surface area contributed by atoms with Gasteiger partial charge in [0.25, 0.3) is 0 Å². The van der Waals surface area contributed by atoms with Crippen LogP contribution in [0.4, 0.5) is 0 Å². The first-order valence-electron chi connectivity index (χ1n) is 16.1. The first-order valence-corrected chi connectivity index (χ1v) is 18.1. The molecule has 0 aliphatic heterocycles. The number of fused-ring (bicyclic) bond motifs is 3. The average Bonchev–Trinajstić information content (AvgIpc) is 3.46. The summed E-state index contributed by atoms with van der Waals surface area (Å²) in [6.07, 6.45) is 4.20. The van der Waals surface area contributed by atoms with Crippen molar-refractivity contribution in [2.75, 3.05) is 24.7 Å². The minimum atomic E-state index is -0.996. The Morgan fingerprint density at radius 2 is 1.10 bits per heavy atom. The molecule has 4 aromatic carbocycles. The lowest BCUT2D eigenvalue weighted by Gasteiger charge is -2.08. The molecule has 51 heavy (non-hydrogen) atoms. The van der Waals surface area contributed by atoms with Crippen molar-refractivity contribution in [3.8, 4) is 35.2 Å². The second-order valence-corrected chi connectivity index (χ2v) is 13.9. The van der Waals surface area contributed by atoms with Gasteiger partial charge in [0.15, 0.2) is 13.2 Å². The molecular weight excluding hydrogens is 679 g/mol. The number of H-pyrrole nitrogens is 1. The van der Waals surface area contributed by atoms with Crippen molar-refractivity contribution < 1.29 is 29.3 Å². The first kappa shape index (κ1) is 36.8. The molecule has 258 valence electrons. The second-order valence-electron chi connectivity index (χ2n) is 11.8. The number of carboxylic acid groups (broad SMARTS) is 2. The molecule has 0 fully saturated rings. The number of allylic oxidation sites excluding steroid dienone is 2. The number of carbonyl (C=O) groups is 2. The molecule has 0 unspecified atom stereocenters. The summed E-state index contributed by atoms with van der Waals surface area (Å²) in [7, 11) is 0. The predicted molar refractivity (Wildman–Crippen MR) is 207 cm³/mol. The zero-order valence-electron chi connectivity index (χ0n) is 28.8. The van der Waals surface area contributed by atoms with Crippen LogP contribution in [-0.2, 0) is 9.59 Å². The molecule has 5 aromatic rings. The van der Waals surface area contributed by atoms with E-state index in [-0.39, 0.29) is 13.2 Å². The van der Waals surface area contributed by atoms with Gasteiger partial charge >= 0.3 is 11.9 Å². The van der Waals surface area contributed by atoms with Crippen LogP contribution in [0.5, 0.6) is 11.5 Å². The number of nitrogens with one attached hydrogen (secondary N) is 1. The molecule has 0 radical (unpaired) electrons. The van der Waals surface area contributed by atoms with Gasteiger partial charge in [-0.2, -0.15) is 0 Å². The Morgan fingerprint density at radius 1 is 0.667 bits per heavy atom. The van der Waals surface area contributed by atoms with Crippen molar-refractivity contribution in [2.24, 2.45) is 0 Å². The van der Waals surface area contributed by atoms with Crippen LogP contribution in [0, 0.1) is 37.5 Å². The van der Waals surface area contributed by atoms with Gasteiger partial charge in [0.2, 0.25) is 0 Å². The third kappa shape index (κ3) is 10.8. The Balaban J connectivity index is 1.17. The number of aromatic nitrogens is 1. The highest BCUT2D eigenvalue weighted by Gasteiger charge is 2.07. The van der Waals surface area contributed by atoms with Crippen LogP contribution in [-0.4, -0.2) is 51.9 Å². The minimum absolute atomic E-state index is 0.354. The summed E-state index contributed by atoms with van der Waals surface area (Å²) < 4.78 is 10.6. The van der Waals surface area contributed by atoms with E-state index >= 15 is 0 Å². The van der Waals surface area contributed by atoms with Crippen LogP contribution in [0.3, 0.4) is 0 Å². The average molecular weight is 716 g/mol. The van der Waals surface area contributed by atoms with Gasteiger partial charge in [-0.15, -0.1) is 23.5 Å². The zero-order valence-corrected chi connectivity index (χ0v) is 30.4. The van der Waals surface area contributed by atoms with Crippen LogP contribution in [0.15, 0.2) is 106 Å². The summed E-state index contributed by atoms with van der Waals surface area (Å²) in [5, 5.41) is 19.9. The normalized spacial score (nSPS) is 11.5. The van der Waals surface area contributed by atoms with Crippen molar-refractivity contribution >= 4 is 57.3 Å². The number of aromatic amines is 1. The summed E-state index contributed by atoms with van der Waals surface area (Å²) in [5.74, 6) is 13.8. The van der Waals surface area contributed by atoms with Crippen molar-refractivity contribution in [1.29, 1.82) is 0 Å². The predicted octanol–water partition coefficient (Wildman–Crippen LogP) is 9.04. The van der Waals surface area contributed by atoms with E-state index in [1.165, 1.54) is 0 Å². The Labute approximate surface area is 306 Å². The van der Waals surface area contributed by atoms with E-state index in [1.54, 1.807) is 23.5 Å². The highest BCUT2D eigenvalue weighted by atomic mass is 32.2. The number of thioether (sulfide) groups is 2. The van der Waals surface area contributed by atoms with Crippen LogP contribution in [0.1, 0.15) is 36.1 Å². The molecule has 0 amide bonds. The minimum Gasteiger partial charge on any atom is -0.482 e. The van der Waals surface area contributed by atoms with E-state index in [9.17, 15) is 9.59 Å². The lowest BCUT2D eigenvalue weighted by atomic mass is 10.1. The van der Waals surface area contributed by atoms with E-state index in [0.717, 1.165) is 76.5 Å². The van der Waals surface area contributed by atoms with E-state index in [2.05, 4.69) is 65.1 Å². The van der Waals surface area contributed by atoms with E-state index in [1.807, 2.05) is 76.2 Å². The van der Waals surface area contributed by atoms with Crippen LogP contribution < -0.4 is 9.47 Å². The van der Waals surface area contributed by atoms with Gasteiger partial charge in [0, 0.05) is 54.2 Å². The summed E-state index contributed by atoms with van der Waals surface area (Å²) in [4.78, 5) is 27.2. The quantitative estimate of drug-likeness (QED) is 0.0868. The van der Waals surface area contributed by atoms with Crippen LogP contribution >= 0.6 is 23.5 Å². The molecule has 5 rings (SSSR count). The number of ether oxygens (including phenoxy) is 2. The number of aryl methyl sites for hydroxylation is 2. The number of hydrogen-bond acceptors (Lipinski definition) is 6. The van der Waals surface area contributed by atoms with Gasteiger partial charge in [0.1, 0.15) is 11.5 Å². The molecule has 1 heterocycles. The Kier molecular flexibility index (Phi) is 12.6. The number of hydrogen-bond donors (Lipinski definition) is 3. The van der Waals surface area contributed by atoms with Crippen molar-refractivity contribution in [1.82, 2.24) is 4.98 Å². The Hall–Kier alpha value is -5.48. The fraction of sp³-hybridized carbons (Fsp3) is 0.190. The maximum Gasteiger partial charge on any atom is 0.341 e. The molecule has 0 atom stereocenters. The molecule has 9 heteroatoms. The highest BCUT2D eigenvalue weighted by molar-refractivity contribution is 7.99. The molecule has 1 aromatic heterocycles. The fourth-order valence-electron chi connectivity index (χ4n) is 5.06. The maximum absolute atomic E-state index is 10.8. The topological polar surface area (TPSA) is 109 Å². The fourth-order valence-corrected chi connectivity index (χ4v) is 6.96. The molecule has 0 saturated heterocycles. The molecule has 0 spiro atoms. The molecule has 0 saturated carbocycles. The summed E-state index contributed by atoms with van der Waals surface area (Å²) >= 11 is 3.36. The van der Waals surface area contributed by atoms with Gasteiger partial charge in [-0.3, -0.25) is 0 Å². The highest BCUT2D eigenvalue weighted by Crippen LogP contribution is 2.29. The van der Waals surface area contributed by atoms with Gasteiger partial charge in [-0.25, -0.2) is 9.59 Å². The molecular formula is C42H37NO6S2. The van der Waals surface area contributed by atoms with Crippen LogP contribution in [0.2, 0.25) is 0 Å². The molecule has 7 nitrogen and oxygen atoms in total. The Bertz CT molecular complexity index is 2140. The standard InChI is InChI=1S/C42H37NO6S2/c1-27(17-19-50-33-11-15-39(29(3)21-33)48-25-41(44)45)5-7-31-9-13-35-36-14-10-32(24-38(36)43-37(35)23-31)8-6-28(2)18-20-51-34-12-16-40(30(4)22-34)49-26-42(46)47/h9-18,21-24,43H,19-20,25-26H2,1-4H3,(H,44,45)(H,46,47)/b27-17+,28-18+. The van der Waals surface area contributed by atoms with Gasteiger partial charge in [0.05, 0.1) is 0 Å². The van der Waals surface area contributed by atoms with Gasteiger partial charge in [-0.05, 0) is 111 Å². The van der Waals surface area contributed by atoms with Crippen molar-refractivity contribution in [2.45, 2.75) is 37.5 Å². The molecule has 0 bridgehead atoms. The first-order chi connectivity index (χ1) is 24.5. The third-order valence-electron chi connectivity index (χ3n) is 7.68. The lowest BCUT2D eigenvalue weighted by molar-refractivity contribution is -0.140. The molecule has 0 aliphatic rings. The SMILES string of the molecule is C/C(C#Cc1ccc2c(c1)[nH]c1cc(C#C/C(C)=C/CSc3ccc(OCC(=O)O)c(C)c3)ccc12)=C\CSc1ccc(OCC(=O)O)c(C)c1. The maximum atomic E-state index is 10.8. The lowest BCUT2D eigenvalue weighted by Crippen LogP contribution is -2.09. The smallest absolute Gasteiger partial charge is 0.341 e. The Morgan fingerprint density at radius 3 is 1.49 bits per heavy atom. The van der Waals surface area contributed by atoms with Crippen LogP contribution in [0.25, 0.3) is 21.8 Å². The van der Waals surface area contributed by atoms with Gasteiger partial charge < -0.3 is 24.7 Å². The number of carboxylic acids is 2. The van der Waals surface area contributed by atoms with E-state index in [4.69, 9.17) is 19.7 Å².